The number of rotatable bonds is 14. The summed E-state index contributed by atoms with van der Waals surface area (Å²) in [5.74, 6) is -0.709. The van der Waals surface area contributed by atoms with Crippen LogP contribution in [0.2, 0.25) is 0 Å². The van der Waals surface area contributed by atoms with Gasteiger partial charge >= 0.3 is 11.9 Å². The van der Waals surface area contributed by atoms with E-state index in [0.29, 0.717) is 28.9 Å². The van der Waals surface area contributed by atoms with E-state index >= 15 is 0 Å². The fourth-order valence-corrected chi connectivity index (χ4v) is 7.64. The van der Waals surface area contributed by atoms with Gasteiger partial charge in [0.2, 0.25) is 9.84 Å². The fourth-order valence-electron chi connectivity index (χ4n) is 5.94. The highest BCUT2D eigenvalue weighted by Crippen LogP contribution is 2.38. The number of unbranched alkanes of at least 4 members (excludes halogenated alkanes) is 3. The quantitative estimate of drug-likeness (QED) is 0.0971. The van der Waals surface area contributed by atoms with Crippen LogP contribution in [0.4, 0.5) is 0 Å². The molecule has 0 aliphatic rings. The third kappa shape index (κ3) is 7.96. The lowest BCUT2D eigenvalue weighted by Crippen LogP contribution is -2.22. The number of carbonyl (C=O) groups excluding carboxylic acids is 2. The van der Waals surface area contributed by atoms with Crippen molar-refractivity contribution >= 4 is 21.8 Å². The van der Waals surface area contributed by atoms with Crippen LogP contribution in [-0.2, 0) is 25.7 Å². The Morgan fingerprint density at radius 3 is 1.78 bits per heavy atom. The number of hydrogen-bond donors (Lipinski definition) is 0. The molecule has 5 aromatic rings. The number of carbonyl (C=O) groups is 2. The summed E-state index contributed by atoms with van der Waals surface area (Å²) in [5.41, 5.74) is 2.55. The van der Waals surface area contributed by atoms with Gasteiger partial charge in [0.25, 0.3) is 5.16 Å². The van der Waals surface area contributed by atoms with Gasteiger partial charge in [0, 0.05) is 6.42 Å². The number of esters is 2. The van der Waals surface area contributed by atoms with Gasteiger partial charge in [0.15, 0.2) is 0 Å². The van der Waals surface area contributed by atoms with Gasteiger partial charge in [-0.3, -0.25) is 0 Å². The molecular formula is C38H41N3O7S. The van der Waals surface area contributed by atoms with Crippen LogP contribution in [-0.4, -0.2) is 54.8 Å². The first kappa shape index (κ1) is 36.7. The first-order valence-corrected chi connectivity index (χ1v) is 17.5. The predicted octanol–water partition coefficient (Wildman–Crippen LogP) is 6.35. The zero-order valence-corrected chi connectivity index (χ0v) is 28.6. The van der Waals surface area contributed by atoms with Crippen LogP contribution < -0.4 is 0 Å². The Morgan fingerprint density at radius 2 is 1.20 bits per heavy atom. The molecule has 256 valence electrons. The van der Waals surface area contributed by atoms with Crippen LogP contribution in [0, 0.1) is 0 Å². The van der Waals surface area contributed by atoms with E-state index < -0.39 is 33.1 Å². The van der Waals surface area contributed by atoms with E-state index in [0.717, 1.165) is 31.2 Å². The molecule has 0 spiro atoms. The molecule has 0 saturated carbocycles. The lowest BCUT2D eigenvalue weighted by atomic mass is 9.94. The first-order chi connectivity index (χ1) is 23.3. The number of aromatic nitrogens is 3. The zero-order valence-electron chi connectivity index (χ0n) is 27.8. The fraction of sp³-hybridized carbons (Fsp3) is 0.263. The number of hydrogen-bond acceptors (Lipinski definition) is 8. The average Bonchev–Trinajstić information content (AvgIpc) is 3.55. The Kier molecular flexibility index (Phi) is 12.6. The van der Waals surface area contributed by atoms with E-state index in [9.17, 15) is 18.0 Å². The van der Waals surface area contributed by atoms with Gasteiger partial charge in [-0.25, -0.2) is 27.7 Å². The summed E-state index contributed by atoms with van der Waals surface area (Å²) >= 11 is 0. The molecule has 10 nitrogen and oxygen atoms in total. The van der Waals surface area contributed by atoms with Crippen molar-refractivity contribution in [3.63, 3.8) is 0 Å². The number of aryl methyl sites for hydroxylation is 1. The lowest BCUT2D eigenvalue weighted by molar-refractivity contribution is 0.0590. The number of ether oxygens (including phenoxy) is 2. The van der Waals surface area contributed by atoms with Crippen molar-refractivity contribution in [2.45, 2.75) is 55.5 Å². The highest BCUT2D eigenvalue weighted by Gasteiger charge is 2.38. The first-order valence-electron chi connectivity index (χ1n) is 16.0. The second-order valence-electron chi connectivity index (χ2n) is 11.4. The summed E-state index contributed by atoms with van der Waals surface area (Å²) in [6.07, 6.45) is 4.20. The molecule has 1 aromatic heterocycles. The van der Waals surface area contributed by atoms with Gasteiger partial charge in [0.05, 0.1) is 25.3 Å². The van der Waals surface area contributed by atoms with Gasteiger partial charge in [-0.2, -0.15) is 0 Å². The molecule has 4 aromatic carbocycles. The van der Waals surface area contributed by atoms with E-state index in [2.05, 4.69) is 6.92 Å². The van der Waals surface area contributed by atoms with Crippen molar-refractivity contribution in [3.8, 4) is 0 Å². The predicted molar refractivity (Wildman–Crippen MR) is 186 cm³/mol. The van der Waals surface area contributed by atoms with Gasteiger partial charge in [-0.15, -0.1) is 5.10 Å². The molecule has 0 radical (unpaired) electrons. The molecule has 0 bridgehead atoms. The maximum absolute atomic E-state index is 14.9. The van der Waals surface area contributed by atoms with Crippen molar-refractivity contribution in [2.75, 3.05) is 14.2 Å². The smallest absolute Gasteiger partial charge is 0.338 e. The number of benzene rings is 4. The molecular weight excluding hydrogens is 642 g/mol. The summed E-state index contributed by atoms with van der Waals surface area (Å²) in [4.78, 5) is 30.6. The Labute approximate surface area is 287 Å². The maximum Gasteiger partial charge on any atom is 0.338 e. The lowest BCUT2D eigenvalue weighted by Gasteiger charge is -2.22. The molecule has 11 heteroatoms. The van der Waals surface area contributed by atoms with Crippen molar-refractivity contribution in [1.82, 2.24) is 14.8 Å². The minimum absolute atomic E-state index is 0. The van der Waals surface area contributed by atoms with Crippen LogP contribution in [0.15, 0.2) is 114 Å². The standard InChI is InChI=1S/C38H39N3O6S.H2O/c1-4-5-6-13-26-33-39-38(40-41(33)34(27-18-9-7-10-19-27)29-22-14-16-24-31(29)36(42)46-2)48(44,45)35(28-20-11-8-12-21-28)30-23-15-17-25-32(30)37(43)47-3;/h7-12,14-25,34-35H,4-6,13,26H2,1-3H3;1H2. The maximum atomic E-state index is 14.9. The summed E-state index contributed by atoms with van der Waals surface area (Å²) < 4.78 is 41.6. The Bertz CT molecular complexity index is 1960. The van der Waals surface area contributed by atoms with Crippen molar-refractivity contribution < 1.29 is 33.0 Å². The molecule has 5 rings (SSSR count). The number of methoxy groups -OCH3 is 2. The highest BCUT2D eigenvalue weighted by molar-refractivity contribution is 7.91. The second-order valence-corrected chi connectivity index (χ2v) is 13.3. The normalized spacial score (nSPS) is 12.4. The van der Waals surface area contributed by atoms with E-state index in [-0.39, 0.29) is 21.8 Å². The molecule has 2 atom stereocenters. The molecule has 1 heterocycles. The van der Waals surface area contributed by atoms with Crippen LogP contribution in [0.3, 0.4) is 0 Å². The highest BCUT2D eigenvalue weighted by atomic mass is 32.2. The zero-order chi connectivity index (χ0) is 34.1. The molecule has 0 aliphatic carbocycles. The minimum atomic E-state index is -4.38. The van der Waals surface area contributed by atoms with Crippen molar-refractivity contribution in [1.29, 1.82) is 0 Å². The van der Waals surface area contributed by atoms with Crippen molar-refractivity contribution in [2.24, 2.45) is 0 Å². The molecule has 2 N–H and O–H groups in total. The largest absolute Gasteiger partial charge is 0.465 e. The molecule has 49 heavy (non-hydrogen) atoms. The third-order valence-electron chi connectivity index (χ3n) is 8.27. The molecule has 0 aliphatic heterocycles. The third-order valence-corrected chi connectivity index (χ3v) is 10.1. The Hall–Kier alpha value is -5.13. The molecule has 2 unspecified atom stereocenters. The van der Waals surface area contributed by atoms with E-state index in [1.165, 1.54) is 14.2 Å². The van der Waals surface area contributed by atoms with Gasteiger partial charge < -0.3 is 14.9 Å². The minimum Gasteiger partial charge on any atom is -0.465 e. The summed E-state index contributed by atoms with van der Waals surface area (Å²) in [6, 6.07) is 31.1. The van der Waals surface area contributed by atoms with Gasteiger partial charge in [0.1, 0.15) is 17.1 Å². The van der Waals surface area contributed by atoms with E-state index in [1.54, 1.807) is 71.4 Å². The topological polar surface area (TPSA) is 149 Å². The van der Waals surface area contributed by atoms with Crippen molar-refractivity contribution in [3.05, 3.63) is 148 Å². The molecule has 0 fully saturated rings. The van der Waals surface area contributed by atoms with Crippen LogP contribution in [0.25, 0.3) is 0 Å². The van der Waals surface area contributed by atoms with Crippen LogP contribution >= 0.6 is 0 Å². The molecule has 0 saturated heterocycles. The van der Waals surface area contributed by atoms with Gasteiger partial charge in [-0.05, 0) is 40.8 Å². The van der Waals surface area contributed by atoms with E-state index in [4.69, 9.17) is 19.6 Å². The Balaban J connectivity index is 0.00000541. The SMILES string of the molecule is CCCCCCc1nc(S(=O)(=O)C(c2ccccc2)c2ccccc2C(=O)OC)nn1C(c1ccccc1)c1ccccc1C(=O)OC.O. The van der Waals surface area contributed by atoms with Crippen LogP contribution in [0.1, 0.15) is 92.7 Å². The number of nitrogens with zero attached hydrogens (tertiary/aromatic N) is 3. The summed E-state index contributed by atoms with van der Waals surface area (Å²) in [5, 5.41) is 3.09. The Morgan fingerprint density at radius 1 is 0.694 bits per heavy atom. The van der Waals surface area contributed by atoms with Crippen LogP contribution in [0.5, 0.6) is 0 Å². The van der Waals surface area contributed by atoms with E-state index in [1.807, 2.05) is 42.5 Å². The summed E-state index contributed by atoms with van der Waals surface area (Å²) in [7, 11) is -1.80. The van der Waals surface area contributed by atoms with Gasteiger partial charge in [-0.1, -0.05) is 123 Å². The second kappa shape index (κ2) is 16.8. The average molecular weight is 684 g/mol. The monoisotopic (exact) mass is 683 g/mol. The summed E-state index contributed by atoms with van der Waals surface area (Å²) in [6.45, 7) is 2.12. The molecule has 0 amide bonds. The number of sulfone groups is 1.